The maximum atomic E-state index is 13.4. The Kier molecular flexibility index (Phi) is 3.25. The minimum Gasteiger partial charge on any atom is -0.369 e. The van der Waals surface area contributed by atoms with Gasteiger partial charge in [0.15, 0.2) is 0 Å². The normalized spacial score (nSPS) is 30.5. The van der Waals surface area contributed by atoms with E-state index in [4.69, 9.17) is 5.73 Å². The number of rotatable bonds is 2. The third kappa shape index (κ3) is 2.62. The zero-order valence-corrected chi connectivity index (χ0v) is 11.7. The molecular weight excluding hydrogens is 239 g/mol. The lowest BCUT2D eigenvalue weighted by molar-refractivity contribution is 0.240. The first-order valence-corrected chi connectivity index (χ1v) is 7.38. The molecular formula is C16H23FN2. The van der Waals surface area contributed by atoms with E-state index < -0.39 is 0 Å². The zero-order chi connectivity index (χ0) is 13.5. The lowest BCUT2D eigenvalue weighted by atomic mass is 9.77. The lowest BCUT2D eigenvalue weighted by Gasteiger charge is -2.40. The van der Waals surface area contributed by atoms with Gasteiger partial charge in [0.1, 0.15) is 5.82 Å². The van der Waals surface area contributed by atoms with Crippen LogP contribution in [0.1, 0.15) is 38.2 Å². The summed E-state index contributed by atoms with van der Waals surface area (Å²) in [6, 6.07) is 5.14. The Labute approximate surface area is 114 Å². The van der Waals surface area contributed by atoms with Crippen molar-refractivity contribution in [1.82, 2.24) is 0 Å². The Morgan fingerprint density at radius 2 is 2.32 bits per heavy atom. The molecule has 2 nitrogen and oxygen atoms in total. The van der Waals surface area contributed by atoms with Crippen LogP contribution in [0.25, 0.3) is 0 Å². The fraction of sp³-hybridized carbons (Fsp3) is 0.625. The second-order valence-electron chi connectivity index (χ2n) is 6.51. The van der Waals surface area contributed by atoms with Gasteiger partial charge >= 0.3 is 0 Å². The number of anilines is 1. The van der Waals surface area contributed by atoms with Gasteiger partial charge in [0.25, 0.3) is 0 Å². The van der Waals surface area contributed by atoms with Crippen molar-refractivity contribution in [3.63, 3.8) is 0 Å². The number of hydrogen-bond acceptors (Lipinski definition) is 2. The highest BCUT2D eigenvalue weighted by atomic mass is 19.1. The lowest BCUT2D eigenvalue weighted by Crippen LogP contribution is -2.52. The maximum Gasteiger partial charge on any atom is 0.125 e. The molecule has 3 heteroatoms. The summed E-state index contributed by atoms with van der Waals surface area (Å²) in [5.74, 6) is 0.571. The topological polar surface area (TPSA) is 29.3 Å². The van der Waals surface area contributed by atoms with Crippen molar-refractivity contribution in [1.29, 1.82) is 0 Å². The largest absolute Gasteiger partial charge is 0.369 e. The molecule has 3 rings (SSSR count). The summed E-state index contributed by atoms with van der Waals surface area (Å²) in [5.41, 5.74) is 8.81. The number of nitrogens with zero attached hydrogens (tertiary/aromatic N) is 1. The molecule has 0 amide bonds. The first-order chi connectivity index (χ1) is 9.06. The van der Waals surface area contributed by atoms with Gasteiger partial charge in [-0.05, 0) is 42.9 Å². The van der Waals surface area contributed by atoms with Crippen molar-refractivity contribution in [2.45, 2.75) is 44.6 Å². The van der Waals surface area contributed by atoms with Gasteiger partial charge in [-0.2, -0.15) is 0 Å². The second-order valence-corrected chi connectivity index (χ2v) is 6.51. The van der Waals surface area contributed by atoms with Crippen LogP contribution in [0.5, 0.6) is 0 Å². The smallest absolute Gasteiger partial charge is 0.125 e. The molecule has 2 unspecified atom stereocenters. The van der Waals surface area contributed by atoms with E-state index in [0.717, 1.165) is 38.0 Å². The highest BCUT2D eigenvalue weighted by molar-refractivity contribution is 5.58. The average Bonchev–Trinajstić information content (AvgIpc) is 2.71. The molecule has 0 saturated heterocycles. The van der Waals surface area contributed by atoms with Crippen LogP contribution in [0.2, 0.25) is 0 Å². The summed E-state index contributed by atoms with van der Waals surface area (Å²) >= 11 is 0. The monoisotopic (exact) mass is 262 g/mol. The highest BCUT2D eigenvalue weighted by Crippen LogP contribution is 2.35. The van der Waals surface area contributed by atoms with Gasteiger partial charge in [0, 0.05) is 24.3 Å². The predicted molar refractivity (Wildman–Crippen MR) is 76.9 cm³/mol. The Hall–Kier alpha value is -1.09. The molecule has 1 aromatic rings. The molecule has 19 heavy (non-hydrogen) atoms. The number of halogens is 1. The Bertz CT molecular complexity index is 474. The van der Waals surface area contributed by atoms with Crippen LogP contribution >= 0.6 is 0 Å². The summed E-state index contributed by atoms with van der Waals surface area (Å²) < 4.78 is 13.4. The molecule has 0 radical (unpaired) electrons. The maximum absolute atomic E-state index is 13.4. The van der Waals surface area contributed by atoms with E-state index in [9.17, 15) is 4.39 Å². The first kappa shape index (κ1) is 12.9. The molecule has 1 heterocycles. The van der Waals surface area contributed by atoms with Crippen LogP contribution in [0.15, 0.2) is 18.2 Å². The van der Waals surface area contributed by atoms with Crippen molar-refractivity contribution in [2.24, 2.45) is 11.7 Å². The molecule has 2 N–H and O–H groups in total. The van der Waals surface area contributed by atoms with Gasteiger partial charge in [-0.25, -0.2) is 4.39 Å². The van der Waals surface area contributed by atoms with Gasteiger partial charge in [-0.3, -0.25) is 0 Å². The van der Waals surface area contributed by atoms with E-state index in [-0.39, 0.29) is 11.4 Å². The molecule has 2 aliphatic rings. The second kappa shape index (κ2) is 4.78. The molecule has 2 atom stereocenters. The third-order valence-corrected chi connectivity index (χ3v) is 4.67. The van der Waals surface area contributed by atoms with E-state index in [0.29, 0.717) is 5.92 Å². The van der Waals surface area contributed by atoms with Crippen molar-refractivity contribution < 1.29 is 4.39 Å². The number of hydrogen-bond donors (Lipinski definition) is 1. The van der Waals surface area contributed by atoms with E-state index >= 15 is 0 Å². The minimum absolute atomic E-state index is 0.0917. The van der Waals surface area contributed by atoms with E-state index in [1.165, 1.54) is 18.4 Å². The summed E-state index contributed by atoms with van der Waals surface area (Å²) in [6.07, 6.45) is 5.72. The highest BCUT2D eigenvalue weighted by Gasteiger charge is 2.34. The molecule has 104 valence electrons. The Morgan fingerprint density at radius 3 is 3.11 bits per heavy atom. The summed E-state index contributed by atoms with van der Waals surface area (Å²) in [5, 5.41) is 0. The fourth-order valence-electron chi connectivity index (χ4n) is 3.81. The SMILES string of the molecule is CC1CCCC(N)(CN2CCc3ccc(F)cc32)C1. The predicted octanol–water partition coefficient (Wildman–Crippen LogP) is 3.10. The van der Waals surface area contributed by atoms with Crippen LogP contribution in [0, 0.1) is 11.7 Å². The van der Waals surface area contributed by atoms with Crippen LogP contribution in [0.3, 0.4) is 0 Å². The Balaban J connectivity index is 1.77. The molecule has 0 spiro atoms. The number of benzene rings is 1. The van der Waals surface area contributed by atoms with Crippen LogP contribution in [0.4, 0.5) is 10.1 Å². The van der Waals surface area contributed by atoms with Gasteiger partial charge in [0.05, 0.1) is 0 Å². The van der Waals surface area contributed by atoms with Gasteiger partial charge < -0.3 is 10.6 Å². The fourth-order valence-corrected chi connectivity index (χ4v) is 3.81. The summed E-state index contributed by atoms with van der Waals surface area (Å²) in [4.78, 5) is 2.29. The molecule has 1 aromatic carbocycles. The van der Waals surface area contributed by atoms with E-state index in [1.54, 1.807) is 12.1 Å². The van der Waals surface area contributed by atoms with E-state index in [1.807, 2.05) is 6.07 Å². The Morgan fingerprint density at radius 1 is 1.47 bits per heavy atom. The third-order valence-electron chi connectivity index (χ3n) is 4.67. The van der Waals surface area contributed by atoms with Gasteiger partial charge in [-0.1, -0.05) is 25.8 Å². The van der Waals surface area contributed by atoms with Crippen molar-refractivity contribution in [3.05, 3.63) is 29.6 Å². The average molecular weight is 262 g/mol. The van der Waals surface area contributed by atoms with Crippen molar-refractivity contribution in [2.75, 3.05) is 18.0 Å². The van der Waals surface area contributed by atoms with E-state index in [2.05, 4.69) is 11.8 Å². The minimum atomic E-state index is -0.145. The van der Waals surface area contributed by atoms with Crippen LogP contribution < -0.4 is 10.6 Å². The standard InChI is InChI=1S/C16H23FN2/c1-12-3-2-7-16(18,10-12)11-19-8-6-13-4-5-14(17)9-15(13)19/h4-5,9,12H,2-3,6-8,10-11,18H2,1H3. The molecule has 0 aromatic heterocycles. The van der Waals surface area contributed by atoms with Crippen molar-refractivity contribution >= 4 is 5.69 Å². The van der Waals surface area contributed by atoms with Crippen LogP contribution in [-0.4, -0.2) is 18.6 Å². The summed E-state index contributed by atoms with van der Waals surface area (Å²) in [6.45, 7) is 4.14. The van der Waals surface area contributed by atoms with Crippen LogP contribution in [-0.2, 0) is 6.42 Å². The number of nitrogens with two attached hydrogens (primary N) is 1. The molecule has 0 bridgehead atoms. The van der Waals surface area contributed by atoms with Gasteiger partial charge in [-0.15, -0.1) is 0 Å². The van der Waals surface area contributed by atoms with Crippen molar-refractivity contribution in [3.8, 4) is 0 Å². The molecule has 1 aliphatic carbocycles. The molecule has 1 saturated carbocycles. The number of fused-ring (bicyclic) bond motifs is 1. The van der Waals surface area contributed by atoms with Gasteiger partial charge in [0.2, 0.25) is 0 Å². The zero-order valence-electron chi connectivity index (χ0n) is 11.7. The molecule has 1 aliphatic heterocycles. The first-order valence-electron chi connectivity index (χ1n) is 7.38. The summed E-state index contributed by atoms with van der Waals surface area (Å²) in [7, 11) is 0. The molecule has 1 fully saturated rings. The quantitative estimate of drug-likeness (QED) is 0.887.